The van der Waals surface area contributed by atoms with Crippen LogP contribution in [-0.2, 0) is 0 Å². The third kappa shape index (κ3) is 1.98. The first-order valence-corrected chi connectivity index (χ1v) is 7.81. The molecule has 0 atom stereocenters. The summed E-state index contributed by atoms with van der Waals surface area (Å²) in [7, 11) is 0. The van der Waals surface area contributed by atoms with Gasteiger partial charge >= 0.3 is 0 Å². The topological polar surface area (TPSA) is 28.7 Å². The predicted octanol–water partition coefficient (Wildman–Crippen LogP) is 5.48. The number of H-pyrrole nitrogens is 1. The van der Waals surface area contributed by atoms with Crippen LogP contribution in [0, 0.1) is 31.3 Å². The Balaban J connectivity index is 2.08. The standard InChI is InChI=1S/C17H11F3N2S/c1-7-8(2)21-12-5-3-4-9(13(7)12)17-22-15-14(20)10(18)6-11(19)16(15)23-17/h3-6,21H,1-2H3. The van der Waals surface area contributed by atoms with E-state index in [1.807, 2.05) is 32.0 Å². The van der Waals surface area contributed by atoms with E-state index >= 15 is 0 Å². The Hall–Kier alpha value is -2.34. The maximum atomic E-state index is 13.9. The summed E-state index contributed by atoms with van der Waals surface area (Å²) in [5.74, 6) is -3.13. The van der Waals surface area contributed by atoms with Crippen molar-refractivity contribution in [1.82, 2.24) is 9.97 Å². The van der Waals surface area contributed by atoms with E-state index in [0.29, 0.717) is 11.1 Å². The summed E-state index contributed by atoms with van der Waals surface area (Å²) in [5.41, 5.74) is 3.54. The summed E-state index contributed by atoms with van der Waals surface area (Å²) in [6.07, 6.45) is 0. The molecule has 0 unspecified atom stereocenters. The second-order valence-electron chi connectivity index (χ2n) is 5.45. The lowest BCUT2D eigenvalue weighted by atomic mass is 10.1. The molecule has 0 saturated carbocycles. The van der Waals surface area contributed by atoms with Gasteiger partial charge in [-0.25, -0.2) is 18.2 Å². The molecule has 1 N–H and O–H groups in total. The number of fused-ring (bicyclic) bond motifs is 2. The minimum atomic E-state index is -1.22. The Kier molecular flexibility index (Phi) is 2.99. The van der Waals surface area contributed by atoms with E-state index in [4.69, 9.17) is 0 Å². The second kappa shape index (κ2) is 4.83. The molecule has 2 nitrogen and oxygen atoms in total. The molecule has 2 aromatic heterocycles. The van der Waals surface area contributed by atoms with Crippen molar-refractivity contribution in [3.63, 3.8) is 0 Å². The molecule has 0 aliphatic heterocycles. The molecule has 0 aliphatic rings. The van der Waals surface area contributed by atoms with Gasteiger partial charge in [-0.2, -0.15) is 0 Å². The van der Waals surface area contributed by atoms with Gasteiger partial charge in [-0.1, -0.05) is 12.1 Å². The van der Waals surface area contributed by atoms with E-state index in [1.165, 1.54) is 0 Å². The van der Waals surface area contributed by atoms with Gasteiger partial charge in [0, 0.05) is 28.2 Å². The van der Waals surface area contributed by atoms with Crippen LogP contribution in [0.25, 0.3) is 31.7 Å². The zero-order chi connectivity index (χ0) is 16.3. The molecule has 0 aliphatic carbocycles. The van der Waals surface area contributed by atoms with Gasteiger partial charge in [-0.05, 0) is 25.5 Å². The molecule has 2 heterocycles. The summed E-state index contributed by atoms with van der Waals surface area (Å²) in [6.45, 7) is 3.94. The Morgan fingerprint density at radius 2 is 1.87 bits per heavy atom. The van der Waals surface area contributed by atoms with E-state index in [9.17, 15) is 13.2 Å². The number of rotatable bonds is 1. The molecule has 0 bridgehead atoms. The highest BCUT2D eigenvalue weighted by molar-refractivity contribution is 7.21. The minimum Gasteiger partial charge on any atom is -0.358 e. The maximum Gasteiger partial charge on any atom is 0.186 e. The number of aromatic amines is 1. The van der Waals surface area contributed by atoms with Crippen molar-refractivity contribution in [3.8, 4) is 10.6 Å². The number of nitrogens with zero attached hydrogens (tertiary/aromatic N) is 1. The highest BCUT2D eigenvalue weighted by atomic mass is 32.1. The monoisotopic (exact) mass is 332 g/mol. The summed E-state index contributed by atoms with van der Waals surface area (Å²) in [5, 5.41) is 1.43. The summed E-state index contributed by atoms with van der Waals surface area (Å²) in [4.78, 5) is 7.43. The van der Waals surface area contributed by atoms with Gasteiger partial charge < -0.3 is 4.98 Å². The molecule has 0 spiro atoms. The number of aromatic nitrogens is 2. The van der Waals surface area contributed by atoms with Crippen molar-refractivity contribution in [1.29, 1.82) is 0 Å². The van der Waals surface area contributed by atoms with Crippen LogP contribution in [0.5, 0.6) is 0 Å². The zero-order valence-electron chi connectivity index (χ0n) is 12.3. The van der Waals surface area contributed by atoms with E-state index in [0.717, 1.165) is 39.1 Å². The largest absolute Gasteiger partial charge is 0.358 e. The molecule has 6 heteroatoms. The predicted molar refractivity (Wildman–Crippen MR) is 86.3 cm³/mol. The summed E-state index contributed by atoms with van der Waals surface area (Å²) in [6, 6.07) is 6.21. The molecule has 4 rings (SSSR count). The lowest BCUT2D eigenvalue weighted by molar-refractivity contribution is 0.505. The van der Waals surface area contributed by atoms with Crippen LogP contribution in [0.2, 0.25) is 0 Å². The SMILES string of the molecule is Cc1[nH]c2cccc(-c3nc4c(F)c(F)cc(F)c4s3)c2c1C. The lowest BCUT2D eigenvalue weighted by Gasteiger charge is -2.00. The maximum absolute atomic E-state index is 13.9. The third-order valence-electron chi connectivity index (χ3n) is 4.07. The van der Waals surface area contributed by atoms with Crippen molar-refractivity contribution < 1.29 is 13.2 Å². The van der Waals surface area contributed by atoms with Crippen molar-refractivity contribution in [2.45, 2.75) is 13.8 Å². The minimum absolute atomic E-state index is 0.0285. The first kappa shape index (κ1) is 14.3. The molecule has 0 amide bonds. The molecule has 116 valence electrons. The molecular weight excluding hydrogens is 321 g/mol. The van der Waals surface area contributed by atoms with Gasteiger partial charge in [0.1, 0.15) is 16.3 Å². The fourth-order valence-corrected chi connectivity index (χ4v) is 3.82. The van der Waals surface area contributed by atoms with Gasteiger partial charge in [0.05, 0.1) is 4.70 Å². The summed E-state index contributed by atoms with van der Waals surface area (Å²) < 4.78 is 41.2. The number of hydrogen-bond donors (Lipinski definition) is 1. The van der Waals surface area contributed by atoms with Crippen molar-refractivity contribution in [2.24, 2.45) is 0 Å². The van der Waals surface area contributed by atoms with E-state index in [2.05, 4.69) is 9.97 Å². The number of halogens is 3. The highest BCUT2D eigenvalue weighted by Gasteiger charge is 2.20. The molecule has 4 aromatic rings. The van der Waals surface area contributed by atoms with E-state index in [-0.39, 0.29) is 10.2 Å². The Morgan fingerprint density at radius 1 is 1.09 bits per heavy atom. The summed E-state index contributed by atoms with van der Waals surface area (Å²) >= 11 is 1.03. The van der Waals surface area contributed by atoms with Crippen LogP contribution >= 0.6 is 11.3 Å². The zero-order valence-corrected chi connectivity index (χ0v) is 13.1. The van der Waals surface area contributed by atoms with Crippen LogP contribution in [0.1, 0.15) is 11.3 Å². The van der Waals surface area contributed by atoms with Crippen LogP contribution < -0.4 is 0 Å². The molecule has 0 fully saturated rings. The van der Waals surface area contributed by atoms with Gasteiger partial charge in [-0.3, -0.25) is 0 Å². The number of aryl methyl sites for hydroxylation is 2. The average molecular weight is 332 g/mol. The first-order chi connectivity index (χ1) is 11.0. The Labute approximate surface area is 133 Å². The Bertz CT molecular complexity index is 1080. The molecule has 0 radical (unpaired) electrons. The fourth-order valence-electron chi connectivity index (χ4n) is 2.82. The van der Waals surface area contributed by atoms with Crippen LogP contribution in [0.3, 0.4) is 0 Å². The quantitative estimate of drug-likeness (QED) is 0.459. The molecular formula is C17H11F3N2S. The van der Waals surface area contributed by atoms with Gasteiger partial charge in [0.15, 0.2) is 11.6 Å². The van der Waals surface area contributed by atoms with Crippen molar-refractivity contribution >= 4 is 32.5 Å². The second-order valence-corrected chi connectivity index (χ2v) is 6.45. The van der Waals surface area contributed by atoms with Crippen molar-refractivity contribution in [3.05, 3.63) is 53.0 Å². The van der Waals surface area contributed by atoms with Gasteiger partial charge in [-0.15, -0.1) is 11.3 Å². The first-order valence-electron chi connectivity index (χ1n) is 6.99. The Morgan fingerprint density at radius 3 is 2.65 bits per heavy atom. The number of benzene rings is 2. The molecule has 23 heavy (non-hydrogen) atoms. The number of nitrogens with one attached hydrogen (secondary N) is 1. The smallest absolute Gasteiger partial charge is 0.186 e. The van der Waals surface area contributed by atoms with E-state index in [1.54, 1.807) is 0 Å². The third-order valence-corrected chi connectivity index (χ3v) is 5.17. The average Bonchev–Trinajstić information content (AvgIpc) is 3.08. The normalized spacial score (nSPS) is 11.7. The van der Waals surface area contributed by atoms with Gasteiger partial charge in [0.25, 0.3) is 0 Å². The van der Waals surface area contributed by atoms with E-state index < -0.39 is 17.5 Å². The number of thiazole rings is 1. The van der Waals surface area contributed by atoms with Gasteiger partial charge in [0.2, 0.25) is 0 Å². The number of hydrogen-bond acceptors (Lipinski definition) is 2. The highest BCUT2D eigenvalue weighted by Crippen LogP contribution is 2.38. The molecule has 0 saturated heterocycles. The fraction of sp³-hybridized carbons (Fsp3) is 0.118. The lowest BCUT2D eigenvalue weighted by Crippen LogP contribution is -1.88. The molecule has 2 aromatic carbocycles. The van der Waals surface area contributed by atoms with Crippen LogP contribution in [-0.4, -0.2) is 9.97 Å². The van der Waals surface area contributed by atoms with Crippen molar-refractivity contribution in [2.75, 3.05) is 0 Å². The van der Waals surface area contributed by atoms with Crippen LogP contribution in [0.15, 0.2) is 24.3 Å². The van der Waals surface area contributed by atoms with Crippen LogP contribution in [0.4, 0.5) is 13.2 Å².